The Morgan fingerprint density at radius 1 is 0.949 bits per heavy atom. The molecular weight excluding hydrogens is 564 g/mol. The van der Waals surface area contributed by atoms with E-state index >= 15 is 0 Å². The molecule has 0 radical (unpaired) electrons. The van der Waals surface area contributed by atoms with Crippen LogP contribution in [-0.2, 0) is 26.2 Å². The molecule has 2 amide bonds. The maximum absolute atomic E-state index is 13.8. The molecular formula is C28H30Cl2FN3O4S. The summed E-state index contributed by atoms with van der Waals surface area (Å²) < 4.78 is 42.0. The molecule has 11 heteroatoms. The second-order valence-electron chi connectivity index (χ2n) is 10.0. The van der Waals surface area contributed by atoms with E-state index in [4.69, 9.17) is 23.2 Å². The van der Waals surface area contributed by atoms with Crippen molar-refractivity contribution >= 4 is 50.7 Å². The molecule has 0 aliphatic rings. The van der Waals surface area contributed by atoms with Gasteiger partial charge < -0.3 is 10.2 Å². The zero-order valence-corrected chi connectivity index (χ0v) is 24.3. The lowest BCUT2D eigenvalue weighted by atomic mass is 10.1. The number of anilines is 1. The van der Waals surface area contributed by atoms with Crippen molar-refractivity contribution in [2.24, 2.45) is 0 Å². The fourth-order valence-electron chi connectivity index (χ4n) is 3.74. The Morgan fingerprint density at radius 3 is 2.13 bits per heavy atom. The van der Waals surface area contributed by atoms with E-state index in [9.17, 15) is 22.4 Å². The second-order valence-corrected chi connectivity index (χ2v) is 12.7. The fourth-order valence-corrected chi connectivity index (χ4v) is 5.45. The summed E-state index contributed by atoms with van der Waals surface area (Å²) in [5.41, 5.74) is 0.162. The highest BCUT2D eigenvalue weighted by Gasteiger charge is 2.33. The van der Waals surface area contributed by atoms with Crippen LogP contribution in [0.3, 0.4) is 0 Å². The number of carbonyl (C=O) groups excluding carboxylic acids is 2. The molecule has 7 nitrogen and oxygen atoms in total. The molecule has 208 valence electrons. The fraction of sp³-hybridized carbons (Fsp3) is 0.286. The van der Waals surface area contributed by atoms with Gasteiger partial charge in [-0.05, 0) is 87.9 Å². The molecule has 3 rings (SSSR count). The molecule has 0 aliphatic carbocycles. The lowest BCUT2D eigenvalue weighted by molar-refractivity contribution is -0.140. The van der Waals surface area contributed by atoms with E-state index < -0.39 is 45.8 Å². The lowest BCUT2D eigenvalue weighted by Crippen LogP contribution is -2.54. The van der Waals surface area contributed by atoms with E-state index in [1.165, 1.54) is 65.6 Å². The van der Waals surface area contributed by atoms with Gasteiger partial charge in [-0.15, -0.1) is 0 Å². The zero-order chi connectivity index (χ0) is 29.0. The van der Waals surface area contributed by atoms with Crippen LogP contribution in [0.4, 0.5) is 10.1 Å². The first-order valence-electron chi connectivity index (χ1n) is 12.1. The molecule has 0 bridgehead atoms. The van der Waals surface area contributed by atoms with Crippen molar-refractivity contribution in [1.29, 1.82) is 0 Å². The average Bonchev–Trinajstić information content (AvgIpc) is 2.85. The van der Waals surface area contributed by atoms with Gasteiger partial charge in [0.25, 0.3) is 10.0 Å². The number of sulfonamides is 1. The van der Waals surface area contributed by atoms with Crippen molar-refractivity contribution in [3.05, 3.63) is 94.2 Å². The Balaban J connectivity index is 2.03. The molecule has 1 atom stereocenters. The van der Waals surface area contributed by atoms with Crippen LogP contribution in [0.25, 0.3) is 0 Å². The predicted octanol–water partition coefficient (Wildman–Crippen LogP) is 5.66. The number of hydrogen-bond acceptors (Lipinski definition) is 4. The van der Waals surface area contributed by atoms with Crippen molar-refractivity contribution in [3.8, 4) is 0 Å². The van der Waals surface area contributed by atoms with E-state index in [2.05, 4.69) is 5.32 Å². The minimum Gasteiger partial charge on any atom is -0.350 e. The van der Waals surface area contributed by atoms with Crippen LogP contribution in [0, 0.1) is 5.82 Å². The highest BCUT2D eigenvalue weighted by Crippen LogP contribution is 2.27. The van der Waals surface area contributed by atoms with Crippen molar-refractivity contribution in [3.63, 3.8) is 0 Å². The number of carbonyl (C=O) groups is 2. The van der Waals surface area contributed by atoms with E-state index in [-0.39, 0.29) is 22.2 Å². The monoisotopic (exact) mass is 593 g/mol. The van der Waals surface area contributed by atoms with Gasteiger partial charge in [0.15, 0.2) is 0 Å². The van der Waals surface area contributed by atoms with Crippen LogP contribution >= 0.6 is 23.2 Å². The SMILES string of the molecule is C[C@@H](C(=O)NC(C)(C)C)N(Cc1ccc(F)cc1)C(=O)CN(c1cccc(Cl)c1)S(=O)(=O)c1ccc(Cl)cc1. The first kappa shape index (κ1) is 30.4. The Morgan fingerprint density at radius 2 is 1.56 bits per heavy atom. The van der Waals surface area contributed by atoms with Crippen LogP contribution < -0.4 is 9.62 Å². The molecule has 0 spiro atoms. The summed E-state index contributed by atoms with van der Waals surface area (Å²) >= 11 is 12.1. The molecule has 39 heavy (non-hydrogen) atoms. The predicted molar refractivity (Wildman–Crippen MR) is 152 cm³/mol. The van der Waals surface area contributed by atoms with Gasteiger partial charge in [-0.3, -0.25) is 13.9 Å². The molecule has 0 fully saturated rings. The van der Waals surface area contributed by atoms with Crippen molar-refractivity contribution in [2.75, 3.05) is 10.8 Å². The summed E-state index contributed by atoms with van der Waals surface area (Å²) in [6, 6.07) is 16.2. The highest BCUT2D eigenvalue weighted by atomic mass is 35.5. The Labute approximate surface area is 238 Å². The van der Waals surface area contributed by atoms with Gasteiger partial charge in [-0.1, -0.05) is 41.4 Å². The standard InChI is InChI=1S/C28H30Cl2FN3O4S/c1-19(27(36)32-28(2,3)4)33(17-20-8-12-23(31)13-9-20)26(35)18-34(24-7-5-6-22(30)16-24)39(37,38)25-14-10-21(29)11-15-25/h5-16,19H,17-18H2,1-4H3,(H,32,36)/t19-/m0/s1. The van der Waals surface area contributed by atoms with Crippen molar-refractivity contribution < 1.29 is 22.4 Å². The van der Waals surface area contributed by atoms with Crippen LogP contribution in [0.1, 0.15) is 33.3 Å². The van der Waals surface area contributed by atoms with Gasteiger partial charge in [-0.25, -0.2) is 12.8 Å². The van der Waals surface area contributed by atoms with Gasteiger partial charge in [0.1, 0.15) is 18.4 Å². The Bertz CT molecular complexity index is 1430. The molecule has 1 N–H and O–H groups in total. The average molecular weight is 595 g/mol. The Kier molecular flexibility index (Phi) is 9.64. The molecule has 0 unspecified atom stereocenters. The van der Waals surface area contributed by atoms with E-state index in [0.29, 0.717) is 10.6 Å². The smallest absolute Gasteiger partial charge is 0.264 e. The lowest BCUT2D eigenvalue weighted by Gasteiger charge is -2.33. The number of hydrogen-bond donors (Lipinski definition) is 1. The number of nitrogens with zero attached hydrogens (tertiary/aromatic N) is 2. The molecule has 3 aromatic rings. The first-order chi connectivity index (χ1) is 18.2. The van der Waals surface area contributed by atoms with Crippen molar-refractivity contribution in [1.82, 2.24) is 10.2 Å². The molecule has 0 aliphatic heterocycles. The summed E-state index contributed by atoms with van der Waals surface area (Å²) in [5.74, 6) is -1.52. The normalized spacial score (nSPS) is 12.5. The van der Waals surface area contributed by atoms with Crippen LogP contribution in [0.5, 0.6) is 0 Å². The third-order valence-electron chi connectivity index (χ3n) is 5.71. The van der Waals surface area contributed by atoms with Crippen LogP contribution in [-0.4, -0.2) is 43.3 Å². The summed E-state index contributed by atoms with van der Waals surface area (Å²) in [7, 11) is -4.25. The quantitative estimate of drug-likeness (QED) is 0.347. The second kappa shape index (κ2) is 12.4. The number of amides is 2. The summed E-state index contributed by atoms with van der Waals surface area (Å²) in [6.07, 6.45) is 0. The topological polar surface area (TPSA) is 86.8 Å². The molecule has 0 aromatic heterocycles. The minimum atomic E-state index is -4.25. The minimum absolute atomic E-state index is 0.0534. The van der Waals surface area contributed by atoms with Gasteiger partial charge >= 0.3 is 0 Å². The van der Waals surface area contributed by atoms with Gasteiger partial charge in [-0.2, -0.15) is 0 Å². The third-order valence-corrected chi connectivity index (χ3v) is 7.98. The van der Waals surface area contributed by atoms with Crippen LogP contribution in [0.2, 0.25) is 10.0 Å². The van der Waals surface area contributed by atoms with Gasteiger partial charge in [0, 0.05) is 22.1 Å². The van der Waals surface area contributed by atoms with E-state index in [1.54, 1.807) is 19.1 Å². The maximum atomic E-state index is 13.8. The zero-order valence-electron chi connectivity index (χ0n) is 22.0. The molecule has 0 saturated carbocycles. The van der Waals surface area contributed by atoms with Crippen molar-refractivity contribution in [2.45, 2.75) is 50.7 Å². The van der Waals surface area contributed by atoms with Gasteiger partial charge in [0.05, 0.1) is 10.6 Å². The number of nitrogens with one attached hydrogen (secondary N) is 1. The third kappa shape index (κ3) is 8.17. The van der Waals surface area contributed by atoms with E-state index in [0.717, 1.165) is 4.31 Å². The van der Waals surface area contributed by atoms with Gasteiger partial charge in [0.2, 0.25) is 11.8 Å². The van der Waals surface area contributed by atoms with E-state index in [1.807, 2.05) is 20.8 Å². The number of halogens is 3. The van der Waals surface area contributed by atoms with Crippen LogP contribution in [0.15, 0.2) is 77.7 Å². The Hall–Kier alpha value is -3.14. The summed E-state index contributed by atoms with van der Waals surface area (Å²) in [4.78, 5) is 28.1. The largest absolute Gasteiger partial charge is 0.350 e. The number of rotatable bonds is 9. The summed E-state index contributed by atoms with van der Waals surface area (Å²) in [6.45, 7) is 6.30. The maximum Gasteiger partial charge on any atom is 0.264 e. The first-order valence-corrected chi connectivity index (χ1v) is 14.3. The molecule has 0 saturated heterocycles. The molecule has 3 aromatic carbocycles. The highest BCUT2D eigenvalue weighted by molar-refractivity contribution is 7.92. The number of benzene rings is 3. The summed E-state index contributed by atoms with van der Waals surface area (Å²) in [5, 5.41) is 3.47. The molecule has 0 heterocycles.